The van der Waals surface area contributed by atoms with Gasteiger partial charge in [0.1, 0.15) is 17.8 Å². The number of aldehydes is 1. The Labute approximate surface area is 183 Å². The fourth-order valence-electron chi connectivity index (χ4n) is 3.69. The van der Waals surface area contributed by atoms with E-state index in [0.717, 1.165) is 23.0 Å². The molecule has 31 heavy (non-hydrogen) atoms. The van der Waals surface area contributed by atoms with Crippen LogP contribution in [0.1, 0.15) is 36.0 Å². The summed E-state index contributed by atoms with van der Waals surface area (Å²) in [5, 5.41) is 0. The third-order valence-electron chi connectivity index (χ3n) is 5.10. The number of carbonyl (C=O) groups is 1. The highest BCUT2D eigenvalue weighted by Gasteiger charge is 2.39. The molecule has 3 nitrogen and oxygen atoms in total. The molecule has 3 aromatic rings. The highest BCUT2D eigenvalue weighted by Crippen LogP contribution is 2.41. The van der Waals surface area contributed by atoms with Gasteiger partial charge in [0.2, 0.25) is 0 Å². The molecule has 0 N–H and O–H groups in total. The van der Waals surface area contributed by atoms with Crippen LogP contribution >= 0.6 is 0 Å². The molecule has 3 heteroatoms. The molecule has 3 aromatic carbocycles. The van der Waals surface area contributed by atoms with E-state index in [2.05, 4.69) is 36.4 Å². The van der Waals surface area contributed by atoms with Crippen molar-refractivity contribution in [2.45, 2.75) is 31.0 Å². The van der Waals surface area contributed by atoms with E-state index in [0.29, 0.717) is 19.3 Å². The monoisotopic (exact) mass is 410 g/mol. The molecule has 156 valence electrons. The first-order valence-corrected chi connectivity index (χ1v) is 10.5. The summed E-state index contributed by atoms with van der Waals surface area (Å²) < 4.78 is 6.89. The van der Waals surface area contributed by atoms with E-state index in [9.17, 15) is 9.59 Å². The number of allylic oxidation sites excluding steroid dienone is 1. The van der Waals surface area contributed by atoms with Crippen molar-refractivity contribution >= 4 is 12.2 Å². The number of hydrogen-bond acceptors (Lipinski definition) is 3. The van der Waals surface area contributed by atoms with Crippen molar-refractivity contribution < 1.29 is 14.3 Å². The summed E-state index contributed by atoms with van der Waals surface area (Å²) in [7, 11) is 0. The third-order valence-corrected chi connectivity index (χ3v) is 5.10. The minimum Gasteiger partial charge on any atom is -0.353 e. The number of carbonyl (C=O) groups excluding carboxylic acids is 2. The van der Waals surface area contributed by atoms with Crippen molar-refractivity contribution in [1.29, 1.82) is 0 Å². The normalized spacial score (nSPS) is 12.3. The number of benzene rings is 3. The van der Waals surface area contributed by atoms with Crippen LogP contribution < -0.4 is 0 Å². The Hall–Kier alpha value is -3.52. The number of unbranched alkanes of at least 4 members (excludes halogenated alkanes) is 1. The molecule has 0 radical (unpaired) electrons. The van der Waals surface area contributed by atoms with Gasteiger partial charge in [-0.2, -0.15) is 0 Å². The molecule has 1 unspecified atom stereocenters. The average molecular weight is 411 g/mol. The van der Waals surface area contributed by atoms with Gasteiger partial charge in [-0.05, 0) is 23.1 Å². The summed E-state index contributed by atoms with van der Waals surface area (Å²) >= 11 is 0. The van der Waals surface area contributed by atoms with Gasteiger partial charge in [0.25, 0.3) is 0 Å². The maximum atomic E-state index is 11.0. The van der Waals surface area contributed by atoms with Gasteiger partial charge in [-0.15, -0.1) is 0 Å². The lowest BCUT2D eigenvalue weighted by Crippen LogP contribution is -2.36. The highest BCUT2D eigenvalue weighted by molar-refractivity contribution is 5.50. The second kappa shape index (κ2) is 11.6. The third kappa shape index (κ3) is 5.55. The quantitative estimate of drug-likeness (QED) is 0.134. The Morgan fingerprint density at radius 2 is 1.26 bits per heavy atom. The van der Waals surface area contributed by atoms with Crippen LogP contribution in [-0.4, -0.2) is 18.3 Å². The first-order chi connectivity index (χ1) is 15.3. The summed E-state index contributed by atoms with van der Waals surface area (Å²) in [6, 6.07) is 30.3. The summed E-state index contributed by atoms with van der Waals surface area (Å²) in [5.41, 5.74) is 2.11. The first kappa shape index (κ1) is 22.2. The van der Waals surface area contributed by atoms with E-state index in [4.69, 9.17) is 4.74 Å². The van der Waals surface area contributed by atoms with E-state index < -0.39 is 5.60 Å². The zero-order valence-electron chi connectivity index (χ0n) is 17.4. The average Bonchev–Trinajstić information content (AvgIpc) is 2.85. The molecule has 1 atom stereocenters. The smallest absolute Gasteiger partial charge is 0.144 e. The molecule has 3 rings (SSSR count). The molecule has 0 aliphatic carbocycles. The topological polar surface area (TPSA) is 43.4 Å². The summed E-state index contributed by atoms with van der Waals surface area (Å²) in [4.78, 5) is 21.6. The Morgan fingerprint density at radius 1 is 0.774 bits per heavy atom. The summed E-state index contributed by atoms with van der Waals surface area (Å²) in [5.74, 6) is 1.86. The maximum Gasteiger partial charge on any atom is 0.144 e. The fraction of sp³-hybridized carbons (Fsp3) is 0.179. The van der Waals surface area contributed by atoms with Gasteiger partial charge < -0.3 is 9.53 Å². The lowest BCUT2D eigenvalue weighted by molar-refractivity contribution is -0.107. The van der Waals surface area contributed by atoms with Crippen molar-refractivity contribution in [3.63, 3.8) is 0 Å². The minimum absolute atomic E-state index is 0.381. The van der Waals surface area contributed by atoms with E-state index in [-0.39, 0.29) is 6.10 Å². The van der Waals surface area contributed by atoms with E-state index in [1.165, 1.54) is 6.08 Å². The predicted molar refractivity (Wildman–Crippen MR) is 123 cm³/mol. The Kier molecular flexibility index (Phi) is 8.30. The molecule has 0 amide bonds. The Morgan fingerprint density at radius 3 is 1.68 bits per heavy atom. The Balaban J connectivity index is 2.17. The van der Waals surface area contributed by atoms with E-state index >= 15 is 0 Å². The standard InChI is InChI=1S/C28H26O3/c29-22-12-4-11-20-27(21-13-23-30)31-28(24-14-5-1-6-15-24,25-16-7-2-8-17-25)26-18-9-3-10-19-26/h1-3,5-11,13-20,22,27H,4,12,21H2. The lowest BCUT2D eigenvalue weighted by Gasteiger charge is -2.38. The molecular formula is C28H26O3. The molecule has 0 heterocycles. The van der Waals surface area contributed by atoms with Gasteiger partial charge in [0, 0.05) is 18.9 Å². The van der Waals surface area contributed by atoms with Crippen molar-refractivity contribution in [3.8, 4) is 0 Å². The largest absolute Gasteiger partial charge is 0.353 e. The SMILES string of the molecule is O=C=CCC(C=CCCC=O)OC(c1ccccc1)(c1ccccc1)c1ccccc1. The van der Waals surface area contributed by atoms with Gasteiger partial charge in [0.05, 0.1) is 6.10 Å². The number of ether oxygens (including phenoxy) is 1. The van der Waals surface area contributed by atoms with Crippen LogP contribution in [0.4, 0.5) is 0 Å². The molecule has 0 bridgehead atoms. The summed E-state index contributed by atoms with van der Waals surface area (Å²) in [6.45, 7) is 0. The molecule has 0 saturated carbocycles. The number of rotatable bonds is 11. The van der Waals surface area contributed by atoms with Gasteiger partial charge >= 0.3 is 0 Å². The molecular weight excluding hydrogens is 384 g/mol. The van der Waals surface area contributed by atoms with Crippen molar-refractivity contribution in [2.24, 2.45) is 0 Å². The molecule has 0 spiro atoms. The Bertz CT molecular complexity index is 907. The van der Waals surface area contributed by atoms with Crippen molar-refractivity contribution in [3.05, 3.63) is 126 Å². The predicted octanol–water partition coefficient (Wildman–Crippen LogP) is 5.68. The van der Waals surface area contributed by atoms with Gasteiger partial charge in [0.15, 0.2) is 0 Å². The second-order valence-corrected chi connectivity index (χ2v) is 7.17. The van der Waals surface area contributed by atoms with E-state index in [1.54, 1.807) is 0 Å². The lowest BCUT2D eigenvalue weighted by atomic mass is 9.80. The van der Waals surface area contributed by atoms with Crippen LogP contribution in [0.25, 0.3) is 0 Å². The highest BCUT2D eigenvalue weighted by atomic mass is 16.5. The number of hydrogen-bond donors (Lipinski definition) is 0. The van der Waals surface area contributed by atoms with Crippen LogP contribution in [0.3, 0.4) is 0 Å². The zero-order chi connectivity index (χ0) is 21.8. The molecule has 0 aliphatic rings. The molecule has 0 saturated heterocycles. The van der Waals surface area contributed by atoms with Crippen LogP contribution in [0.5, 0.6) is 0 Å². The van der Waals surface area contributed by atoms with Crippen LogP contribution in [0.15, 0.2) is 109 Å². The van der Waals surface area contributed by atoms with Crippen LogP contribution in [0.2, 0.25) is 0 Å². The van der Waals surface area contributed by atoms with Gasteiger partial charge in [-0.1, -0.05) is 103 Å². The van der Waals surface area contributed by atoms with Crippen molar-refractivity contribution in [2.75, 3.05) is 0 Å². The fourth-order valence-corrected chi connectivity index (χ4v) is 3.69. The van der Waals surface area contributed by atoms with Gasteiger partial charge in [-0.3, -0.25) is 0 Å². The van der Waals surface area contributed by atoms with Crippen LogP contribution in [-0.2, 0) is 19.9 Å². The van der Waals surface area contributed by atoms with Gasteiger partial charge in [-0.25, -0.2) is 4.79 Å². The molecule has 0 fully saturated rings. The summed E-state index contributed by atoms with van der Waals surface area (Å²) in [6.07, 6.45) is 7.29. The molecule has 0 aromatic heterocycles. The van der Waals surface area contributed by atoms with Crippen molar-refractivity contribution in [1.82, 2.24) is 0 Å². The molecule has 0 aliphatic heterocycles. The first-order valence-electron chi connectivity index (χ1n) is 10.5. The maximum absolute atomic E-state index is 11.0. The zero-order valence-corrected chi connectivity index (χ0v) is 17.4. The van der Waals surface area contributed by atoms with E-state index in [1.807, 2.05) is 72.7 Å². The van der Waals surface area contributed by atoms with Crippen LogP contribution in [0, 0.1) is 0 Å². The minimum atomic E-state index is -0.875. The second-order valence-electron chi connectivity index (χ2n) is 7.17.